The van der Waals surface area contributed by atoms with Crippen LogP contribution in [0.4, 0.5) is 0 Å². The van der Waals surface area contributed by atoms with Gasteiger partial charge in [-0.15, -0.1) is 0 Å². The minimum absolute atomic E-state index is 0.0567. The third-order valence-electron chi connectivity index (χ3n) is 8.91. The predicted molar refractivity (Wildman–Crippen MR) is 156 cm³/mol. The van der Waals surface area contributed by atoms with Crippen LogP contribution in [0.25, 0.3) is 11.1 Å². The highest BCUT2D eigenvalue weighted by Crippen LogP contribution is 2.51. The fraction of sp³-hybridized carbons (Fsp3) is 0.457. The zero-order chi connectivity index (χ0) is 27.8. The lowest BCUT2D eigenvalue weighted by Crippen LogP contribution is -2.17. The Bertz CT molecular complexity index is 1330. The topological polar surface area (TPSA) is 66.8 Å². The van der Waals surface area contributed by atoms with E-state index in [1.165, 1.54) is 30.4 Å². The zero-order valence-electron chi connectivity index (χ0n) is 23.7. The Labute approximate surface area is 233 Å². The Hall–Kier alpha value is -3.11. The van der Waals surface area contributed by atoms with Crippen molar-refractivity contribution in [1.29, 1.82) is 0 Å². The molecule has 4 heteroatoms. The molecule has 2 fully saturated rings. The molecule has 4 nitrogen and oxygen atoms in total. The molecule has 0 spiro atoms. The van der Waals surface area contributed by atoms with Crippen LogP contribution in [0.15, 0.2) is 66.7 Å². The molecule has 0 unspecified atom stereocenters. The largest absolute Gasteiger partial charge is 0.489 e. The number of carboxylic acid groups (broad SMARTS) is 1. The second-order valence-electron chi connectivity index (χ2n) is 12.9. The summed E-state index contributed by atoms with van der Waals surface area (Å²) in [6, 6.07) is 23.0. The molecule has 39 heavy (non-hydrogen) atoms. The maximum atomic E-state index is 11.5. The zero-order valence-corrected chi connectivity index (χ0v) is 23.7. The molecule has 0 bridgehead atoms. The van der Waals surface area contributed by atoms with E-state index in [4.69, 9.17) is 4.74 Å². The van der Waals surface area contributed by atoms with Crippen molar-refractivity contribution in [2.24, 2.45) is 11.3 Å². The van der Waals surface area contributed by atoms with E-state index in [2.05, 4.69) is 44.2 Å². The van der Waals surface area contributed by atoms with Crippen LogP contribution in [0, 0.1) is 11.3 Å². The minimum Gasteiger partial charge on any atom is -0.489 e. The number of carbonyl (C=O) groups is 1. The molecule has 0 aromatic heterocycles. The Kier molecular flexibility index (Phi) is 7.61. The lowest BCUT2D eigenvalue weighted by Gasteiger charge is -2.30. The summed E-state index contributed by atoms with van der Waals surface area (Å²) < 4.78 is 6.29. The van der Waals surface area contributed by atoms with Gasteiger partial charge >= 0.3 is 5.97 Å². The molecule has 0 aliphatic heterocycles. The van der Waals surface area contributed by atoms with Gasteiger partial charge in [-0.1, -0.05) is 68.8 Å². The molecular weight excluding hydrogens is 484 g/mol. The average Bonchev–Trinajstić information content (AvgIpc) is 3.67. The summed E-state index contributed by atoms with van der Waals surface area (Å²) in [7, 11) is 0. The SMILES string of the molecule is CC(C)(O)c1cccc(-c2ccc(COc3cccc([C@H](CC(=O)O)C4CC4)c3)cc2[C@H]2CCCC2(C)C)c1. The van der Waals surface area contributed by atoms with Gasteiger partial charge in [-0.25, -0.2) is 0 Å². The highest BCUT2D eigenvalue weighted by atomic mass is 16.5. The maximum Gasteiger partial charge on any atom is 0.303 e. The summed E-state index contributed by atoms with van der Waals surface area (Å²) in [4.78, 5) is 11.5. The second kappa shape index (κ2) is 10.8. The standard InChI is InChI=1S/C35H42O4/c1-34(2)17-7-12-32(34)31-18-23(13-16-29(31)25-8-5-10-27(19-25)35(3,4)38)22-39-28-11-6-9-26(20-28)30(21-33(36)37)24-14-15-24/h5-6,8-11,13,16,18-20,24,30,32,38H,7,12,14-15,17,21-22H2,1-4H3,(H,36,37)/t30-,32-/m1/s1. The molecule has 0 saturated heterocycles. The van der Waals surface area contributed by atoms with Gasteiger partial charge in [0.2, 0.25) is 0 Å². The number of benzene rings is 3. The molecule has 2 atom stereocenters. The third-order valence-corrected chi connectivity index (χ3v) is 8.91. The van der Waals surface area contributed by atoms with Crippen molar-refractivity contribution in [3.63, 3.8) is 0 Å². The first-order valence-electron chi connectivity index (χ1n) is 14.4. The number of carboxylic acids is 1. The summed E-state index contributed by atoms with van der Waals surface area (Å²) >= 11 is 0. The quantitative estimate of drug-likeness (QED) is 0.278. The van der Waals surface area contributed by atoms with Crippen LogP contribution in [0.5, 0.6) is 5.75 Å². The fourth-order valence-electron chi connectivity index (χ4n) is 6.47. The molecule has 2 saturated carbocycles. The molecule has 2 aliphatic rings. The predicted octanol–water partition coefficient (Wildman–Crippen LogP) is 8.42. The smallest absolute Gasteiger partial charge is 0.303 e. The summed E-state index contributed by atoms with van der Waals surface area (Å²) in [6.07, 6.45) is 6.00. The van der Waals surface area contributed by atoms with Crippen molar-refractivity contribution >= 4 is 5.97 Å². The van der Waals surface area contributed by atoms with Gasteiger partial charge in [-0.2, -0.15) is 0 Å². The van der Waals surface area contributed by atoms with Crippen molar-refractivity contribution in [2.75, 3.05) is 0 Å². The summed E-state index contributed by atoms with van der Waals surface area (Å²) in [5.74, 6) is 1.02. The number of aliphatic carboxylic acids is 1. The average molecular weight is 527 g/mol. The highest BCUT2D eigenvalue weighted by molar-refractivity contribution is 5.70. The first-order chi connectivity index (χ1) is 18.5. The molecule has 2 N–H and O–H groups in total. The van der Waals surface area contributed by atoms with Gasteiger partial charge in [-0.05, 0) is 114 Å². The Morgan fingerprint density at radius 2 is 1.79 bits per heavy atom. The maximum absolute atomic E-state index is 11.5. The van der Waals surface area contributed by atoms with Gasteiger partial charge < -0.3 is 14.9 Å². The van der Waals surface area contributed by atoms with Gasteiger partial charge in [0.15, 0.2) is 0 Å². The first kappa shape index (κ1) is 27.5. The molecule has 0 amide bonds. The van der Waals surface area contributed by atoms with Crippen LogP contribution in [-0.4, -0.2) is 16.2 Å². The fourth-order valence-corrected chi connectivity index (χ4v) is 6.47. The number of rotatable bonds is 10. The van der Waals surface area contributed by atoms with Crippen LogP contribution in [0.1, 0.15) is 100 Å². The minimum atomic E-state index is -0.895. The molecule has 3 aromatic rings. The van der Waals surface area contributed by atoms with Crippen LogP contribution in [0.3, 0.4) is 0 Å². The third kappa shape index (κ3) is 6.38. The van der Waals surface area contributed by atoms with Crippen molar-refractivity contribution in [3.8, 4) is 16.9 Å². The van der Waals surface area contributed by atoms with Crippen LogP contribution >= 0.6 is 0 Å². The highest BCUT2D eigenvalue weighted by Gasteiger charge is 2.37. The number of aliphatic hydroxyl groups is 1. The lowest BCUT2D eigenvalue weighted by atomic mass is 9.75. The number of hydrogen-bond acceptors (Lipinski definition) is 3. The van der Waals surface area contributed by atoms with Crippen LogP contribution in [-0.2, 0) is 17.0 Å². The molecule has 3 aromatic carbocycles. The van der Waals surface area contributed by atoms with Gasteiger partial charge in [0.1, 0.15) is 12.4 Å². The van der Waals surface area contributed by atoms with E-state index in [1.54, 1.807) is 0 Å². The lowest BCUT2D eigenvalue weighted by molar-refractivity contribution is -0.137. The van der Waals surface area contributed by atoms with Crippen molar-refractivity contribution in [2.45, 2.75) is 90.3 Å². The van der Waals surface area contributed by atoms with Gasteiger partial charge in [0.25, 0.3) is 0 Å². The van der Waals surface area contributed by atoms with E-state index in [9.17, 15) is 15.0 Å². The van der Waals surface area contributed by atoms with Crippen LogP contribution in [0.2, 0.25) is 0 Å². The van der Waals surface area contributed by atoms with E-state index in [0.29, 0.717) is 18.4 Å². The van der Waals surface area contributed by atoms with Crippen LogP contribution < -0.4 is 4.74 Å². The Morgan fingerprint density at radius 3 is 2.46 bits per heavy atom. The molecule has 0 heterocycles. The Morgan fingerprint density at radius 1 is 1.03 bits per heavy atom. The number of ether oxygens (including phenoxy) is 1. The normalized spacial score (nSPS) is 19.6. The van der Waals surface area contributed by atoms with E-state index in [0.717, 1.165) is 40.8 Å². The van der Waals surface area contributed by atoms with Gasteiger partial charge in [0.05, 0.1) is 12.0 Å². The number of hydrogen-bond donors (Lipinski definition) is 2. The first-order valence-corrected chi connectivity index (χ1v) is 14.4. The van der Waals surface area contributed by atoms with Gasteiger partial charge in [0, 0.05) is 0 Å². The summed E-state index contributed by atoms with van der Waals surface area (Å²) in [5.41, 5.74) is 6.15. The molecule has 5 rings (SSSR count). The van der Waals surface area contributed by atoms with Crippen molar-refractivity contribution < 1.29 is 19.7 Å². The van der Waals surface area contributed by atoms with E-state index in [1.807, 2.05) is 50.2 Å². The van der Waals surface area contributed by atoms with Crippen molar-refractivity contribution in [3.05, 3.63) is 89.0 Å². The van der Waals surface area contributed by atoms with E-state index in [-0.39, 0.29) is 17.8 Å². The monoisotopic (exact) mass is 526 g/mol. The second-order valence-corrected chi connectivity index (χ2v) is 12.9. The summed E-state index contributed by atoms with van der Waals surface area (Å²) in [6.45, 7) is 8.88. The Balaban J connectivity index is 1.42. The summed E-state index contributed by atoms with van der Waals surface area (Å²) in [5, 5.41) is 20.0. The van der Waals surface area contributed by atoms with Gasteiger partial charge in [-0.3, -0.25) is 4.79 Å². The molecule has 2 aliphatic carbocycles. The van der Waals surface area contributed by atoms with E-state index < -0.39 is 11.6 Å². The molecule has 206 valence electrons. The molecule has 0 radical (unpaired) electrons. The van der Waals surface area contributed by atoms with E-state index >= 15 is 0 Å². The molecular formula is C35H42O4. The van der Waals surface area contributed by atoms with Crippen molar-refractivity contribution in [1.82, 2.24) is 0 Å².